The van der Waals surface area contributed by atoms with E-state index >= 15 is 0 Å². The van der Waals surface area contributed by atoms with E-state index in [0.29, 0.717) is 5.56 Å². The number of ketones is 2. The maximum atomic E-state index is 13.4. The highest BCUT2D eigenvalue weighted by Crippen LogP contribution is 2.55. The van der Waals surface area contributed by atoms with Crippen LogP contribution in [0.3, 0.4) is 0 Å². The number of primary amides is 1. The Kier molecular flexibility index (Phi) is 4.88. The molecule has 5 atom stereocenters. The number of phenolic OH excluding ortho intramolecular Hbond substituents is 1. The van der Waals surface area contributed by atoms with Gasteiger partial charge in [-0.2, -0.15) is 0 Å². The van der Waals surface area contributed by atoms with Crippen molar-refractivity contribution < 1.29 is 44.7 Å². The molecule has 174 valence electrons. The fraction of sp³-hybridized carbons (Fsp3) is 0.364. The molecule has 11 heteroatoms. The number of carbonyl (C=O) groups excluding carboxylic acids is 4. The minimum Gasteiger partial charge on any atom is -0.511 e. The maximum absolute atomic E-state index is 13.4. The summed E-state index contributed by atoms with van der Waals surface area (Å²) in [5.74, 6) is -9.89. The average molecular weight is 458 g/mol. The third kappa shape index (κ3) is 2.82. The number of allylic oxidation sites excluding steroid dienone is 1. The predicted molar refractivity (Wildman–Crippen MR) is 111 cm³/mol. The van der Waals surface area contributed by atoms with Gasteiger partial charge in [0.2, 0.25) is 11.7 Å². The summed E-state index contributed by atoms with van der Waals surface area (Å²) in [6.07, 6.45) is -2.14. The molecule has 33 heavy (non-hydrogen) atoms. The van der Waals surface area contributed by atoms with Crippen LogP contribution in [0.2, 0.25) is 0 Å². The third-order valence-electron chi connectivity index (χ3n) is 6.81. The Bertz CT molecular complexity index is 1210. The maximum Gasteiger partial charge on any atom is 0.255 e. The van der Waals surface area contributed by atoms with E-state index in [9.17, 15) is 44.7 Å². The number of nitrogens with two attached hydrogens (primary N) is 1. The molecule has 2 amide bonds. The van der Waals surface area contributed by atoms with Crippen molar-refractivity contribution in [2.45, 2.75) is 37.9 Å². The summed E-state index contributed by atoms with van der Waals surface area (Å²) < 4.78 is 0. The number of hydrogen-bond acceptors (Lipinski definition) is 9. The number of rotatable bonds is 2. The number of Topliss-reactive ketones (excluding diaryl/α,β-unsaturated/α-hetero) is 2. The lowest BCUT2D eigenvalue weighted by molar-refractivity contribution is -0.154. The van der Waals surface area contributed by atoms with E-state index in [2.05, 4.69) is 5.32 Å². The van der Waals surface area contributed by atoms with Crippen LogP contribution in [0, 0.1) is 11.8 Å². The van der Waals surface area contributed by atoms with Crippen LogP contribution >= 0.6 is 0 Å². The summed E-state index contributed by atoms with van der Waals surface area (Å²) >= 11 is 0. The third-order valence-corrected chi connectivity index (χ3v) is 6.81. The lowest BCUT2D eigenvalue weighted by atomic mass is 9.56. The van der Waals surface area contributed by atoms with Gasteiger partial charge in [-0.25, -0.2) is 0 Å². The molecule has 0 unspecified atom stereocenters. The lowest BCUT2D eigenvalue weighted by Gasteiger charge is -2.50. The van der Waals surface area contributed by atoms with Crippen molar-refractivity contribution in [1.29, 1.82) is 0 Å². The Hall–Kier alpha value is -3.70. The molecule has 3 aliphatic rings. The Morgan fingerprint density at radius 1 is 1.18 bits per heavy atom. The second kappa shape index (κ2) is 7.15. The Balaban J connectivity index is 1.97. The first-order valence-electron chi connectivity index (χ1n) is 10.1. The van der Waals surface area contributed by atoms with Crippen molar-refractivity contribution in [1.82, 2.24) is 0 Å². The largest absolute Gasteiger partial charge is 0.511 e. The molecule has 1 aromatic carbocycles. The summed E-state index contributed by atoms with van der Waals surface area (Å²) in [4.78, 5) is 49.5. The fourth-order valence-electron chi connectivity index (χ4n) is 5.29. The molecule has 0 fully saturated rings. The van der Waals surface area contributed by atoms with Gasteiger partial charge in [0.15, 0.2) is 17.1 Å². The van der Waals surface area contributed by atoms with Gasteiger partial charge in [0.25, 0.3) is 5.91 Å². The monoisotopic (exact) mass is 458 g/mol. The van der Waals surface area contributed by atoms with Crippen LogP contribution in [0.1, 0.15) is 42.1 Å². The van der Waals surface area contributed by atoms with Crippen LogP contribution in [-0.2, 0) is 14.4 Å². The van der Waals surface area contributed by atoms with Gasteiger partial charge in [0.1, 0.15) is 17.1 Å². The number of anilines is 1. The zero-order valence-corrected chi connectivity index (χ0v) is 17.6. The lowest BCUT2D eigenvalue weighted by Crippen LogP contribution is -2.62. The first kappa shape index (κ1) is 22.5. The zero-order chi connectivity index (χ0) is 24.6. The van der Waals surface area contributed by atoms with Gasteiger partial charge in [-0.05, 0) is 17.5 Å². The van der Waals surface area contributed by atoms with Crippen LogP contribution in [0.25, 0.3) is 0 Å². The van der Waals surface area contributed by atoms with Crippen molar-refractivity contribution in [3.63, 3.8) is 0 Å². The Morgan fingerprint density at radius 2 is 1.82 bits per heavy atom. The SMILES string of the molecule is CC(=O)Nc1ccc2c(c1O)C(=O)C1=C(O)[C@]3(O)C(=O)C(C(N)=O)=C(O)C[C@@H]3[C@@H](O)[C@@H]1[C@H]2C. The highest BCUT2D eigenvalue weighted by molar-refractivity contribution is 6.24. The summed E-state index contributed by atoms with van der Waals surface area (Å²) in [6, 6.07) is 2.87. The molecule has 0 bridgehead atoms. The number of benzene rings is 1. The van der Waals surface area contributed by atoms with Gasteiger partial charge in [0.05, 0.1) is 17.4 Å². The summed E-state index contributed by atoms with van der Waals surface area (Å²) in [7, 11) is 0. The van der Waals surface area contributed by atoms with Gasteiger partial charge < -0.3 is 36.6 Å². The van der Waals surface area contributed by atoms with Crippen molar-refractivity contribution >= 4 is 29.1 Å². The second-order valence-corrected chi connectivity index (χ2v) is 8.60. The number of nitrogens with one attached hydrogen (secondary N) is 1. The molecule has 0 saturated carbocycles. The first-order valence-corrected chi connectivity index (χ1v) is 10.1. The topological polar surface area (TPSA) is 207 Å². The Labute approximate surface area is 186 Å². The zero-order valence-electron chi connectivity index (χ0n) is 17.6. The van der Waals surface area contributed by atoms with Gasteiger partial charge in [-0.15, -0.1) is 0 Å². The number of aromatic hydroxyl groups is 1. The Morgan fingerprint density at radius 3 is 2.39 bits per heavy atom. The van der Waals surface area contributed by atoms with E-state index in [4.69, 9.17) is 5.73 Å². The van der Waals surface area contributed by atoms with Crippen molar-refractivity contribution in [2.75, 3.05) is 5.32 Å². The smallest absolute Gasteiger partial charge is 0.255 e. The number of fused-ring (bicyclic) bond motifs is 3. The van der Waals surface area contributed by atoms with Gasteiger partial charge in [-0.1, -0.05) is 13.0 Å². The van der Waals surface area contributed by atoms with Crippen LogP contribution in [0.15, 0.2) is 34.8 Å². The number of hydrogen-bond donors (Lipinski definition) is 7. The van der Waals surface area contributed by atoms with Crippen molar-refractivity contribution in [3.8, 4) is 5.75 Å². The van der Waals surface area contributed by atoms with Crippen LogP contribution in [0.4, 0.5) is 5.69 Å². The second-order valence-electron chi connectivity index (χ2n) is 8.60. The predicted octanol–water partition coefficient (Wildman–Crippen LogP) is 0.0707. The summed E-state index contributed by atoms with van der Waals surface area (Å²) in [5.41, 5.74) is 0.808. The first-order chi connectivity index (χ1) is 15.3. The van der Waals surface area contributed by atoms with Gasteiger partial charge in [-0.3, -0.25) is 19.2 Å². The van der Waals surface area contributed by atoms with E-state index in [-0.39, 0.29) is 11.3 Å². The molecule has 1 aromatic rings. The number of amides is 2. The van der Waals surface area contributed by atoms with Crippen LogP contribution in [0.5, 0.6) is 5.75 Å². The quantitative estimate of drug-likeness (QED) is 0.236. The molecular weight excluding hydrogens is 436 g/mol. The summed E-state index contributed by atoms with van der Waals surface area (Å²) in [5, 5.41) is 56.6. The van der Waals surface area contributed by atoms with E-state index < -0.39 is 87.7 Å². The standard InChI is InChI=1S/C22H22N2O9/c1-6-8-3-4-10(24-7(2)25)17(28)13(8)18(29)15-12(6)16(27)9-5-11(26)14(21(23)32)19(30)22(9,33)20(15)31/h3-4,6,9,12,16,26-28,31,33H,5H2,1-2H3,(H2,23,32)(H,24,25)/t6-,9+,12+,16+,22+/m0/s1. The fourth-order valence-corrected chi connectivity index (χ4v) is 5.29. The van der Waals surface area contributed by atoms with Gasteiger partial charge in [0, 0.05) is 30.8 Å². The minimum absolute atomic E-state index is 0.0640. The molecule has 11 nitrogen and oxygen atoms in total. The molecule has 0 saturated heterocycles. The molecule has 4 rings (SSSR count). The minimum atomic E-state index is -2.89. The number of phenols is 1. The van der Waals surface area contributed by atoms with E-state index in [1.54, 1.807) is 6.92 Å². The molecule has 8 N–H and O–H groups in total. The van der Waals surface area contributed by atoms with Gasteiger partial charge >= 0.3 is 0 Å². The van der Waals surface area contributed by atoms with Crippen LogP contribution in [-0.4, -0.2) is 60.6 Å². The van der Waals surface area contributed by atoms with Crippen molar-refractivity contribution in [3.05, 3.63) is 45.9 Å². The molecule has 0 aliphatic heterocycles. The number of aliphatic hydroxyl groups is 4. The van der Waals surface area contributed by atoms with E-state index in [1.807, 2.05) is 0 Å². The summed E-state index contributed by atoms with van der Waals surface area (Å²) in [6.45, 7) is 2.82. The molecule has 0 heterocycles. The van der Waals surface area contributed by atoms with Crippen LogP contribution < -0.4 is 11.1 Å². The highest BCUT2D eigenvalue weighted by Gasteiger charge is 2.64. The molecule has 0 aromatic heterocycles. The average Bonchev–Trinajstić information content (AvgIpc) is 2.72. The van der Waals surface area contributed by atoms with E-state index in [1.165, 1.54) is 19.1 Å². The van der Waals surface area contributed by atoms with Crippen molar-refractivity contribution in [2.24, 2.45) is 17.6 Å². The van der Waals surface area contributed by atoms with E-state index in [0.717, 1.165) is 0 Å². The molecular formula is C22H22N2O9. The molecule has 0 radical (unpaired) electrons. The molecule has 0 spiro atoms. The molecule has 3 aliphatic carbocycles. The number of aliphatic hydroxyl groups excluding tert-OH is 3. The number of carbonyl (C=O) groups is 4. The highest BCUT2D eigenvalue weighted by atomic mass is 16.4. The normalized spacial score (nSPS) is 31.0.